The van der Waals surface area contributed by atoms with Gasteiger partial charge >= 0.3 is 5.97 Å². The molecule has 0 aromatic heterocycles. The minimum Gasteiger partial charge on any atom is -0.458 e. The molecular formula is C23H34O5. The number of ether oxygens (including phenoxy) is 1. The number of fused-ring (bicyclic) bond motifs is 5. The molecule has 5 aliphatic rings. The van der Waals surface area contributed by atoms with Gasteiger partial charge in [0.05, 0.1) is 17.8 Å². The molecule has 5 heteroatoms. The van der Waals surface area contributed by atoms with Gasteiger partial charge in [0.25, 0.3) is 0 Å². The molecule has 9 atom stereocenters. The van der Waals surface area contributed by atoms with Gasteiger partial charge in [0, 0.05) is 23.8 Å². The number of hydrogen-bond acceptors (Lipinski definition) is 5. The predicted octanol–water partition coefficient (Wildman–Crippen LogP) is 2.58. The number of rotatable bonds is 1. The zero-order valence-corrected chi connectivity index (χ0v) is 17.1. The van der Waals surface area contributed by atoms with Gasteiger partial charge in [0.15, 0.2) is 0 Å². The molecule has 1 heterocycles. The van der Waals surface area contributed by atoms with Crippen molar-refractivity contribution in [1.29, 1.82) is 0 Å². The quantitative estimate of drug-likeness (QED) is 0.599. The summed E-state index contributed by atoms with van der Waals surface area (Å²) in [6.07, 6.45) is 7.87. The molecule has 5 nitrogen and oxygen atoms in total. The predicted molar refractivity (Wildman–Crippen MR) is 103 cm³/mol. The normalized spacial score (nSPS) is 55.8. The Morgan fingerprint density at radius 3 is 2.57 bits per heavy atom. The average molecular weight is 391 g/mol. The van der Waals surface area contributed by atoms with Crippen LogP contribution in [0.1, 0.15) is 65.2 Å². The van der Waals surface area contributed by atoms with E-state index in [4.69, 9.17) is 4.74 Å². The summed E-state index contributed by atoms with van der Waals surface area (Å²) in [4.78, 5) is 11.7. The molecule has 1 aliphatic heterocycles. The topological polar surface area (TPSA) is 87.0 Å². The first kappa shape index (κ1) is 19.1. The highest BCUT2D eigenvalue weighted by atomic mass is 16.5. The lowest BCUT2D eigenvalue weighted by atomic mass is 9.43. The third-order valence-electron chi connectivity index (χ3n) is 9.92. The molecule has 0 aromatic carbocycles. The summed E-state index contributed by atoms with van der Waals surface area (Å²) in [6, 6.07) is 0. The lowest BCUT2D eigenvalue weighted by Crippen LogP contribution is -2.62. The van der Waals surface area contributed by atoms with Crippen molar-refractivity contribution in [3.8, 4) is 0 Å². The SMILES string of the molecule is C[C@@]12CC[C@H](O)C[C@@H]1CC[C@@H]1[C@@H]2CC[C@@]2(C)[C@@H](C3=CC(=O)OC3)[C@H](O)C[C@]12O. The zero-order valence-electron chi connectivity index (χ0n) is 17.1. The van der Waals surface area contributed by atoms with E-state index in [9.17, 15) is 20.1 Å². The molecule has 4 fully saturated rings. The molecule has 4 aliphatic carbocycles. The highest BCUT2D eigenvalue weighted by Crippen LogP contribution is 2.69. The fourth-order valence-electron chi connectivity index (χ4n) is 8.47. The van der Waals surface area contributed by atoms with Crippen molar-refractivity contribution in [2.75, 3.05) is 6.61 Å². The molecule has 156 valence electrons. The molecule has 0 aromatic rings. The van der Waals surface area contributed by atoms with E-state index in [1.54, 1.807) is 0 Å². The Bertz CT molecular complexity index is 718. The lowest BCUT2D eigenvalue weighted by molar-refractivity contribution is -0.208. The van der Waals surface area contributed by atoms with E-state index < -0.39 is 17.1 Å². The number of esters is 1. The molecule has 0 unspecified atom stereocenters. The van der Waals surface area contributed by atoms with E-state index >= 15 is 0 Å². The second-order valence-electron chi connectivity index (χ2n) is 10.9. The molecule has 0 amide bonds. The van der Waals surface area contributed by atoms with Crippen LogP contribution in [0.25, 0.3) is 0 Å². The fraction of sp³-hybridized carbons (Fsp3) is 0.870. The highest BCUT2D eigenvalue weighted by Gasteiger charge is 2.70. The molecule has 28 heavy (non-hydrogen) atoms. The van der Waals surface area contributed by atoms with Crippen LogP contribution in [0.5, 0.6) is 0 Å². The van der Waals surface area contributed by atoms with Gasteiger partial charge in [-0.15, -0.1) is 0 Å². The monoisotopic (exact) mass is 390 g/mol. The Morgan fingerprint density at radius 2 is 1.86 bits per heavy atom. The Morgan fingerprint density at radius 1 is 1.07 bits per heavy atom. The summed E-state index contributed by atoms with van der Waals surface area (Å²) >= 11 is 0. The second-order valence-corrected chi connectivity index (χ2v) is 10.9. The molecule has 0 radical (unpaired) electrons. The zero-order chi connectivity index (χ0) is 19.9. The summed E-state index contributed by atoms with van der Waals surface area (Å²) in [5.41, 5.74) is -0.301. The maximum Gasteiger partial charge on any atom is 0.331 e. The molecule has 0 saturated heterocycles. The van der Waals surface area contributed by atoms with Gasteiger partial charge in [-0.3, -0.25) is 0 Å². The molecule has 3 N–H and O–H groups in total. The van der Waals surface area contributed by atoms with Gasteiger partial charge in [-0.05, 0) is 73.7 Å². The number of aliphatic hydroxyl groups excluding tert-OH is 2. The van der Waals surface area contributed by atoms with Crippen LogP contribution in [0.3, 0.4) is 0 Å². The summed E-state index contributed by atoms with van der Waals surface area (Å²) in [7, 11) is 0. The first-order chi connectivity index (χ1) is 13.2. The van der Waals surface area contributed by atoms with E-state index in [0.29, 0.717) is 18.3 Å². The summed E-state index contributed by atoms with van der Waals surface area (Å²) in [6.45, 7) is 4.77. The van der Waals surface area contributed by atoms with Crippen LogP contribution in [0, 0.1) is 34.5 Å². The number of carbonyl (C=O) groups excluding carboxylic acids is 1. The first-order valence-electron chi connectivity index (χ1n) is 11.1. The Kier molecular flexibility index (Phi) is 4.12. The van der Waals surface area contributed by atoms with Crippen LogP contribution in [0.4, 0.5) is 0 Å². The van der Waals surface area contributed by atoms with Crippen molar-refractivity contribution in [2.45, 2.75) is 83.0 Å². The van der Waals surface area contributed by atoms with E-state index in [2.05, 4.69) is 13.8 Å². The minimum atomic E-state index is -0.906. The highest BCUT2D eigenvalue weighted by molar-refractivity contribution is 5.85. The number of cyclic esters (lactones) is 1. The van der Waals surface area contributed by atoms with Crippen LogP contribution in [0.2, 0.25) is 0 Å². The summed E-state index contributed by atoms with van der Waals surface area (Å²) < 4.78 is 5.14. The number of aliphatic hydroxyl groups is 3. The van der Waals surface area contributed by atoms with Crippen molar-refractivity contribution in [2.24, 2.45) is 34.5 Å². The third kappa shape index (κ3) is 2.33. The number of hydrogen-bond donors (Lipinski definition) is 3. The van der Waals surface area contributed by atoms with Gasteiger partial charge in [0.2, 0.25) is 0 Å². The lowest BCUT2D eigenvalue weighted by Gasteiger charge is -2.63. The molecule has 4 saturated carbocycles. The molecular weight excluding hydrogens is 356 g/mol. The Hall–Kier alpha value is -0.910. The Balaban J connectivity index is 1.50. The van der Waals surface area contributed by atoms with Crippen molar-refractivity contribution in [3.63, 3.8) is 0 Å². The van der Waals surface area contributed by atoms with E-state index in [-0.39, 0.29) is 35.9 Å². The maximum absolute atomic E-state index is 12.1. The minimum absolute atomic E-state index is 0.170. The van der Waals surface area contributed by atoms with Crippen molar-refractivity contribution in [3.05, 3.63) is 11.6 Å². The van der Waals surface area contributed by atoms with Crippen LogP contribution < -0.4 is 0 Å². The van der Waals surface area contributed by atoms with Gasteiger partial charge < -0.3 is 20.1 Å². The largest absolute Gasteiger partial charge is 0.458 e. The van der Waals surface area contributed by atoms with Crippen LogP contribution in [-0.2, 0) is 9.53 Å². The smallest absolute Gasteiger partial charge is 0.331 e. The van der Waals surface area contributed by atoms with Crippen LogP contribution in [-0.4, -0.2) is 45.7 Å². The average Bonchev–Trinajstić information content (AvgIpc) is 3.13. The van der Waals surface area contributed by atoms with Crippen LogP contribution >= 0.6 is 0 Å². The fourth-order valence-corrected chi connectivity index (χ4v) is 8.47. The second kappa shape index (κ2) is 6.05. The summed E-state index contributed by atoms with van der Waals surface area (Å²) in [5.74, 6) is 0.627. The third-order valence-corrected chi connectivity index (χ3v) is 9.92. The van der Waals surface area contributed by atoms with E-state index in [0.717, 1.165) is 50.5 Å². The van der Waals surface area contributed by atoms with Gasteiger partial charge in [0.1, 0.15) is 6.61 Å². The van der Waals surface area contributed by atoms with Gasteiger partial charge in [-0.25, -0.2) is 4.79 Å². The molecule has 0 bridgehead atoms. The van der Waals surface area contributed by atoms with E-state index in [1.807, 2.05) is 0 Å². The standard InChI is InChI=1S/C23H34O5/c1-21-7-5-15(24)10-14(21)3-4-17-16(21)6-8-22(2)20(13-9-19(26)28-12-13)18(25)11-23(17,22)27/h9,14-18,20,24-25,27H,3-8,10-12H2,1-2H3/t14-,15-,16-,17+,18+,20-,21+,22-,23-/m0/s1. The van der Waals surface area contributed by atoms with Gasteiger partial charge in [-0.2, -0.15) is 0 Å². The first-order valence-corrected chi connectivity index (χ1v) is 11.1. The number of carbonyl (C=O) groups is 1. The van der Waals surface area contributed by atoms with Crippen molar-refractivity contribution >= 4 is 5.97 Å². The maximum atomic E-state index is 12.1. The van der Waals surface area contributed by atoms with E-state index in [1.165, 1.54) is 6.08 Å². The Labute approximate surface area is 167 Å². The summed E-state index contributed by atoms with van der Waals surface area (Å²) in [5, 5.41) is 33.3. The van der Waals surface area contributed by atoms with Crippen LogP contribution in [0.15, 0.2) is 11.6 Å². The van der Waals surface area contributed by atoms with Crippen molar-refractivity contribution < 1.29 is 24.9 Å². The van der Waals surface area contributed by atoms with Crippen molar-refractivity contribution in [1.82, 2.24) is 0 Å². The molecule has 5 rings (SSSR count). The van der Waals surface area contributed by atoms with Gasteiger partial charge in [-0.1, -0.05) is 13.8 Å². The molecule has 0 spiro atoms.